The molecule has 0 unspecified atom stereocenters. The summed E-state index contributed by atoms with van der Waals surface area (Å²) in [4.78, 5) is 26.6. The molecule has 0 radical (unpaired) electrons. The number of hydrogen-bond donors (Lipinski definition) is 2. The van der Waals surface area contributed by atoms with E-state index in [1.807, 2.05) is 5.48 Å². The second-order valence-electron chi connectivity index (χ2n) is 3.30. The van der Waals surface area contributed by atoms with Crippen LogP contribution in [-0.4, -0.2) is 37.8 Å². The average Bonchev–Trinajstić information content (AvgIpc) is 2.37. The Hall–Kier alpha value is -1.80. The largest absolute Gasteiger partial charge is 0.497 e. The summed E-state index contributed by atoms with van der Waals surface area (Å²) in [6, 6.07) is 3.08. The number of amides is 1. The molecule has 19 heavy (non-hydrogen) atoms. The fourth-order valence-electron chi connectivity index (χ4n) is 1.28. The maximum absolute atomic E-state index is 11.8. The molecule has 0 atom stereocenters. The average molecular weight is 334 g/mol. The number of methoxy groups -OCH3 is 2. The summed E-state index contributed by atoms with van der Waals surface area (Å²) in [5, 5.41) is 8.40. The van der Waals surface area contributed by atoms with Crippen molar-refractivity contribution in [3.05, 3.63) is 22.2 Å². The number of benzene rings is 1. The smallest absolute Gasteiger partial charge is 0.332 e. The zero-order valence-corrected chi connectivity index (χ0v) is 11.8. The van der Waals surface area contributed by atoms with Gasteiger partial charge < -0.3 is 14.6 Å². The van der Waals surface area contributed by atoms with Crippen LogP contribution in [0.2, 0.25) is 0 Å². The summed E-state index contributed by atoms with van der Waals surface area (Å²) >= 11 is 3.24. The lowest BCUT2D eigenvalue weighted by Crippen LogP contribution is -2.27. The van der Waals surface area contributed by atoms with E-state index in [1.54, 1.807) is 6.07 Å². The lowest BCUT2D eigenvalue weighted by Gasteiger charge is -2.12. The monoisotopic (exact) mass is 333 g/mol. The normalized spacial score (nSPS) is 9.84. The molecule has 0 aliphatic rings. The summed E-state index contributed by atoms with van der Waals surface area (Å²) < 4.78 is 10.6. The lowest BCUT2D eigenvalue weighted by molar-refractivity contribution is -0.144. The molecule has 0 saturated heterocycles. The van der Waals surface area contributed by atoms with Crippen LogP contribution in [0.3, 0.4) is 0 Å². The maximum atomic E-state index is 11.8. The standard InChI is InChI=1S/C11H12BrNO6/c1-17-6-3-7(10(18-2)8(12)4-6)11(16)13-19-5-9(14)15/h3-4H,5H2,1-2H3,(H,13,16)(H,14,15). The fraction of sp³-hybridized carbons (Fsp3) is 0.273. The molecule has 0 saturated carbocycles. The SMILES string of the molecule is COc1cc(Br)c(OC)c(C(=O)NOCC(=O)O)c1. The molecular formula is C11H12BrNO6. The van der Waals surface area contributed by atoms with Gasteiger partial charge in [-0.3, -0.25) is 9.63 Å². The molecule has 8 heteroatoms. The van der Waals surface area contributed by atoms with Crippen molar-refractivity contribution in [2.75, 3.05) is 20.8 Å². The molecule has 1 amide bonds. The van der Waals surface area contributed by atoms with Crippen molar-refractivity contribution in [2.24, 2.45) is 0 Å². The van der Waals surface area contributed by atoms with Crippen molar-refractivity contribution in [1.29, 1.82) is 0 Å². The Labute approximate surface area is 117 Å². The Morgan fingerprint density at radius 2 is 2.00 bits per heavy atom. The van der Waals surface area contributed by atoms with E-state index in [2.05, 4.69) is 20.8 Å². The van der Waals surface area contributed by atoms with E-state index >= 15 is 0 Å². The van der Waals surface area contributed by atoms with Gasteiger partial charge in [0.1, 0.15) is 11.5 Å². The number of halogens is 1. The lowest BCUT2D eigenvalue weighted by atomic mass is 10.2. The number of hydrogen-bond acceptors (Lipinski definition) is 5. The molecule has 0 aromatic heterocycles. The Kier molecular flexibility index (Phi) is 5.58. The van der Waals surface area contributed by atoms with Crippen molar-refractivity contribution in [3.8, 4) is 11.5 Å². The topological polar surface area (TPSA) is 94.1 Å². The molecule has 1 aromatic carbocycles. The summed E-state index contributed by atoms with van der Waals surface area (Å²) in [6.45, 7) is -0.640. The number of rotatable bonds is 6. The minimum absolute atomic E-state index is 0.152. The van der Waals surface area contributed by atoms with E-state index in [4.69, 9.17) is 14.6 Å². The van der Waals surface area contributed by atoms with Gasteiger partial charge in [0, 0.05) is 0 Å². The van der Waals surface area contributed by atoms with Crippen LogP contribution >= 0.6 is 15.9 Å². The third kappa shape index (κ3) is 4.11. The van der Waals surface area contributed by atoms with Gasteiger partial charge in [-0.05, 0) is 28.1 Å². The highest BCUT2D eigenvalue weighted by Gasteiger charge is 2.17. The zero-order valence-electron chi connectivity index (χ0n) is 10.2. The highest BCUT2D eigenvalue weighted by Crippen LogP contribution is 2.33. The minimum Gasteiger partial charge on any atom is -0.497 e. The highest BCUT2D eigenvalue weighted by molar-refractivity contribution is 9.10. The zero-order chi connectivity index (χ0) is 14.4. The van der Waals surface area contributed by atoms with Gasteiger partial charge in [0.2, 0.25) is 0 Å². The van der Waals surface area contributed by atoms with Crippen molar-refractivity contribution in [2.45, 2.75) is 0 Å². The first-order chi connectivity index (χ1) is 8.99. The Morgan fingerprint density at radius 3 is 2.53 bits per heavy atom. The second-order valence-corrected chi connectivity index (χ2v) is 4.16. The quantitative estimate of drug-likeness (QED) is 0.760. The summed E-state index contributed by atoms with van der Waals surface area (Å²) in [6.07, 6.45) is 0. The molecular weight excluding hydrogens is 322 g/mol. The van der Waals surface area contributed by atoms with E-state index < -0.39 is 18.5 Å². The Balaban J connectivity index is 2.93. The highest BCUT2D eigenvalue weighted by atomic mass is 79.9. The molecule has 7 nitrogen and oxygen atoms in total. The van der Waals surface area contributed by atoms with E-state index in [9.17, 15) is 9.59 Å². The van der Waals surface area contributed by atoms with E-state index in [0.717, 1.165) is 0 Å². The number of carbonyl (C=O) groups is 2. The van der Waals surface area contributed by atoms with Crippen LogP contribution in [0.25, 0.3) is 0 Å². The van der Waals surface area contributed by atoms with Crippen LogP contribution in [-0.2, 0) is 9.63 Å². The van der Waals surface area contributed by atoms with Crippen molar-refractivity contribution < 1.29 is 29.0 Å². The van der Waals surface area contributed by atoms with E-state index in [-0.39, 0.29) is 11.3 Å². The van der Waals surface area contributed by atoms with Crippen LogP contribution in [0.5, 0.6) is 11.5 Å². The van der Waals surface area contributed by atoms with Crippen LogP contribution in [0.1, 0.15) is 10.4 Å². The number of carboxylic acids is 1. The molecule has 104 valence electrons. The molecule has 2 N–H and O–H groups in total. The molecule has 0 aliphatic heterocycles. The van der Waals surface area contributed by atoms with Crippen molar-refractivity contribution in [1.82, 2.24) is 5.48 Å². The third-order valence-corrected chi connectivity index (χ3v) is 2.65. The molecule has 1 rings (SSSR count). The van der Waals surface area contributed by atoms with Gasteiger partial charge in [-0.15, -0.1) is 0 Å². The van der Waals surface area contributed by atoms with Gasteiger partial charge in [0.25, 0.3) is 5.91 Å². The number of carboxylic acid groups (broad SMARTS) is 1. The summed E-state index contributed by atoms with van der Waals surface area (Å²) in [5.74, 6) is -1.11. The predicted molar refractivity (Wildman–Crippen MR) is 68.3 cm³/mol. The first-order valence-electron chi connectivity index (χ1n) is 5.05. The number of ether oxygens (including phenoxy) is 2. The molecule has 0 aliphatic carbocycles. The van der Waals surface area contributed by atoms with E-state index in [0.29, 0.717) is 10.2 Å². The summed E-state index contributed by atoms with van der Waals surface area (Å²) in [7, 11) is 2.86. The molecule has 0 spiro atoms. The van der Waals surface area contributed by atoms with Crippen LogP contribution < -0.4 is 15.0 Å². The number of hydroxylamine groups is 1. The first-order valence-corrected chi connectivity index (χ1v) is 5.84. The van der Waals surface area contributed by atoms with Crippen LogP contribution in [0.15, 0.2) is 16.6 Å². The van der Waals surface area contributed by atoms with Gasteiger partial charge in [-0.1, -0.05) is 0 Å². The van der Waals surface area contributed by atoms with Crippen LogP contribution in [0, 0.1) is 0 Å². The van der Waals surface area contributed by atoms with Crippen LogP contribution in [0.4, 0.5) is 0 Å². The van der Waals surface area contributed by atoms with Gasteiger partial charge in [-0.25, -0.2) is 10.3 Å². The molecule has 0 heterocycles. The van der Waals surface area contributed by atoms with Gasteiger partial charge in [-0.2, -0.15) is 0 Å². The first kappa shape index (κ1) is 15.3. The number of aliphatic carboxylic acids is 1. The van der Waals surface area contributed by atoms with Crippen molar-refractivity contribution >= 4 is 27.8 Å². The Morgan fingerprint density at radius 1 is 1.32 bits per heavy atom. The fourth-order valence-corrected chi connectivity index (χ4v) is 1.88. The molecule has 0 fully saturated rings. The molecule has 1 aromatic rings. The van der Waals surface area contributed by atoms with Gasteiger partial charge in [0.15, 0.2) is 6.61 Å². The minimum atomic E-state index is -1.20. The molecule has 0 bridgehead atoms. The maximum Gasteiger partial charge on any atom is 0.332 e. The predicted octanol–water partition coefficient (Wildman–Crippen LogP) is 1.21. The number of carbonyl (C=O) groups excluding carboxylic acids is 1. The van der Waals surface area contributed by atoms with E-state index in [1.165, 1.54) is 20.3 Å². The Bertz CT molecular complexity index is 490. The second kappa shape index (κ2) is 6.95. The van der Waals surface area contributed by atoms with Gasteiger partial charge >= 0.3 is 5.97 Å². The summed E-state index contributed by atoms with van der Waals surface area (Å²) in [5.41, 5.74) is 2.16. The third-order valence-electron chi connectivity index (χ3n) is 2.06. The van der Waals surface area contributed by atoms with Crippen molar-refractivity contribution in [3.63, 3.8) is 0 Å². The van der Waals surface area contributed by atoms with Gasteiger partial charge in [0.05, 0.1) is 24.3 Å². The number of nitrogens with one attached hydrogen (secondary N) is 1.